The maximum atomic E-state index is 6.04. The lowest BCUT2D eigenvalue weighted by atomic mass is 10.0. The summed E-state index contributed by atoms with van der Waals surface area (Å²) in [5.41, 5.74) is 11.9. The molecule has 106 valence electrons. The SMILES string of the molecule is Cc1ccc(OCc2c(C)cccc2C)c(CCN)c1. The Morgan fingerprint density at radius 1 is 1.00 bits per heavy atom. The molecular formula is C18H23NO. The van der Waals surface area contributed by atoms with Gasteiger partial charge in [-0.3, -0.25) is 0 Å². The summed E-state index contributed by atoms with van der Waals surface area (Å²) in [7, 11) is 0. The van der Waals surface area contributed by atoms with Crippen LogP contribution in [-0.4, -0.2) is 6.54 Å². The van der Waals surface area contributed by atoms with Gasteiger partial charge in [0.15, 0.2) is 0 Å². The maximum absolute atomic E-state index is 6.04. The van der Waals surface area contributed by atoms with E-state index in [9.17, 15) is 0 Å². The molecule has 0 unspecified atom stereocenters. The molecule has 20 heavy (non-hydrogen) atoms. The zero-order valence-electron chi connectivity index (χ0n) is 12.6. The second kappa shape index (κ2) is 6.58. The van der Waals surface area contributed by atoms with Gasteiger partial charge in [0.05, 0.1) is 0 Å². The summed E-state index contributed by atoms with van der Waals surface area (Å²) >= 11 is 0. The molecular weight excluding hydrogens is 246 g/mol. The van der Waals surface area contributed by atoms with E-state index in [1.807, 2.05) is 6.07 Å². The van der Waals surface area contributed by atoms with E-state index in [1.165, 1.54) is 27.8 Å². The van der Waals surface area contributed by atoms with Crippen molar-refractivity contribution < 1.29 is 4.74 Å². The smallest absolute Gasteiger partial charge is 0.123 e. The molecule has 0 fully saturated rings. The molecule has 0 heterocycles. The first-order valence-electron chi connectivity index (χ1n) is 7.09. The third-order valence-electron chi connectivity index (χ3n) is 3.65. The Morgan fingerprint density at radius 3 is 2.35 bits per heavy atom. The number of hydrogen-bond donors (Lipinski definition) is 1. The van der Waals surface area contributed by atoms with Crippen molar-refractivity contribution in [3.8, 4) is 5.75 Å². The van der Waals surface area contributed by atoms with Gasteiger partial charge < -0.3 is 10.5 Å². The van der Waals surface area contributed by atoms with E-state index >= 15 is 0 Å². The Labute approximate surface area is 121 Å². The minimum absolute atomic E-state index is 0.610. The number of benzene rings is 2. The molecule has 0 saturated heterocycles. The third-order valence-corrected chi connectivity index (χ3v) is 3.65. The van der Waals surface area contributed by atoms with Crippen LogP contribution in [0.4, 0.5) is 0 Å². The summed E-state index contributed by atoms with van der Waals surface area (Å²) in [5, 5.41) is 0. The normalized spacial score (nSPS) is 10.6. The van der Waals surface area contributed by atoms with E-state index in [0.29, 0.717) is 13.2 Å². The molecule has 2 N–H and O–H groups in total. The van der Waals surface area contributed by atoms with Crippen molar-refractivity contribution in [1.29, 1.82) is 0 Å². The van der Waals surface area contributed by atoms with Gasteiger partial charge in [0.2, 0.25) is 0 Å². The third kappa shape index (κ3) is 3.40. The van der Waals surface area contributed by atoms with Gasteiger partial charge in [-0.15, -0.1) is 0 Å². The Kier molecular flexibility index (Phi) is 4.80. The van der Waals surface area contributed by atoms with Gasteiger partial charge in [0, 0.05) is 0 Å². The fourth-order valence-corrected chi connectivity index (χ4v) is 2.43. The minimum Gasteiger partial charge on any atom is -0.489 e. The molecule has 0 amide bonds. The largest absolute Gasteiger partial charge is 0.489 e. The minimum atomic E-state index is 0.610. The molecule has 0 aliphatic rings. The highest BCUT2D eigenvalue weighted by atomic mass is 16.5. The molecule has 0 aliphatic heterocycles. The zero-order valence-corrected chi connectivity index (χ0v) is 12.6. The van der Waals surface area contributed by atoms with E-state index in [-0.39, 0.29) is 0 Å². The lowest BCUT2D eigenvalue weighted by Gasteiger charge is -2.14. The van der Waals surface area contributed by atoms with Crippen LogP contribution in [0.3, 0.4) is 0 Å². The second-order valence-corrected chi connectivity index (χ2v) is 5.31. The van der Waals surface area contributed by atoms with Crippen LogP contribution < -0.4 is 10.5 Å². The van der Waals surface area contributed by atoms with Crippen LogP contribution in [0.1, 0.15) is 27.8 Å². The van der Waals surface area contributed by atoms with Crippen LogP contribution in [0.2, 0.25) is 0 Å². The molecule has 2 aromatic rings. The van der Waals surface area contributed by atoms with Crippen LogP contribution in [0.25, 0.3) is 0 Å². The van der Waals surface area contributed by atoms with Crippen molar-refractivity contribution in [2.75, 3.05) is 6.54 Å². The monoisotopic (exact) mass is 269 g/mol. The molecule has 0 aromatic heterocycles. The highest BCUT2D eigenvalue weighted by Crippen LogP contribution is 2.23. The first-order valence-corrected chi connectivity index (χ1v) is 7.09. The molecule has 0 spiro atoms. The Balaban J connectivity index is 2.18. The van der Waals surface area contributed by atoms with E-state index in [2.05, 4.69) is 51.1 Å². The number of rotatable bonds is 5. The fraction of sp³-hybridized carbons (Fsp3) is 0.333. The van der Waals surface area contributed by atoms with Gasteiger partial charge in [0.1, 0.15) is 12.4 Å². The Bertz CT molecular complexity index is 570. The van der Waals surface area contributed by atoms with E-state index < -0.39 is 0 Å². The number of aryl methyl sites for hydroxylation is 3. The van der Waals surface area contributed by atoms with Crippen LogP contribution in [0.15, 0.2) is 36.4 Å². The van der Waals surface area contributed by atoms with Gasteiger partial charge in [-0.25, -0.2) is 0 Å². The standard InChI is InChI=1S/C18H23NO/c1-13-7-8-18(16(11-13)9-10-19)20-12-17-14(2)5-4-6-15(17)3/h4-8,11H,9-10,12,19H2,1-3H3. The highest BCUT2D eigenvalue weighted by molar-refractivity contribution is 5.38. The first-order chi connectivity index (χ1) is 9.61. The average molecular weight is 269 g/mol. The van der Waals surface area contributed by atoms with Gasteiger partial charge >= 0.3 is 0 Å². The van der Waals surface area contributed by atoms with Gasteiger partial charge in [-0.1, -0.05) is 35.9 Å². The number of ether oxygens (including phenoxy) is 1. The predicted molar refractivity (Wildman–Crippen MR) is 84.2 cm³/mol. The van der Waals surface area contributed by atoms with Crippen LogP contribution in [0.5, 0.6) is 5.75 Å². The lowest BCUT2D eigenvalue weighted by molar-refractivity contribution is 0.301. The Hall–Kier alpha value is -1.80. The van der Waals surface area contributed by atoms with Gasteiger partial charge in [0.25, 0.3) is 0 Å². The summed E-state index contributed by atoms with van der Waals surface area (Å²) in [6.07, 6.45) is 0.851. The van der Waals surface area contributed by atoms with Crippen molar-refractivity contribution in [2.24, 2.45) is 5.73 Å². The molecule has 0 bridgehead atoms. The molecule has 2 heteroatoms. The van der Waals surface area contributed by atoms with Crippen LogP contribution in [0, 0.1) is 20.8 Å². The highest BCUT2D eigenvalue weighted by Gasteiger charge is 2.07. The van der Waals surface area contributed by atoms with Crippen LogP contribution in [-0.2, 0) is 13.0 Å². The van der Waals surface area contributed by atoms with E-state index in [4.69, 9.17) is 10.5 Å². The second-order valence-electron chi connectivity index (χ2n) is 5.31. The summed E-state index contributed by atoms with van der Waals surface area (Å²) in [4.78, 5) is 0. The van der Waals surface area contributed by atoms with Crippen molar-refractivity contribution in [2.45, 2.75) is 33.8 Å². The molecule has 0 aliphatic carbocycles. The first kappa shape index (κ1) is 14.6. The van der Waals surface area contributed by atoms with E-state index in [0.717, 1.165) is 12.2 Å². The topological polar surface area (TPSA) is 35.2 Å². The van der Waals surface area contributed by atoms with Crippen LogP contribution >= 0.6 is 0 Å². The maximum Gasteiger partial charge on any atom is 0.123 e. The Morgan fingerprint density at radius 2 is 1.70 bits per heavy atom. The summed E-state index contributed by atoms with van der Waals surface area (Å²) < 4.78 is 6.04. The molecule has 2 nitrogen and oxygen atoms in total. The summed E-state index contributed by atoms with van der Waals surface area (Å²) in [6.45, 7) is 7.60. The predicted octanol–water partition coefficient (Wildman–Crippen LogP) is 3.69. The average Bonchev–Trinajstić information content (AvgIpc) is 2.40. The molecule has 0 saturated carbocycles. The lowest BCUT2D eigenvalue weighted by Crippen LogP contribution is -2.07. The molecule has 2 rings (SSSR count). The molecule has 0 radical (unpaired) electrons. The summed E-state index contributed by atoms with van der Waals surface area (Å²) in [6, 6.07) is 12.6. The van der Waals surface area contributed by atoms with E-state index in [1.54, 1.807) is 0 Å². The molecule has 2 aromatic carbocycles. The van der Waals surface area contributed by atoms with Gasteiger partial charge in [-0.05, 0) is 62.1 Å². The zero-order chi connectivity index (χ0) is 14.5. The summed E-state index contributed by atoms with van der Waals surface area (Å²) in [5.74, 6) is 0.948. The van der Waals surface area contributed by atoms with Crippen molar-refractivity contribution in [3.63, 3.8) is 0 Å². The molecule has 0 atom stereocenters. The van der Waals surface area contributed by atoms with Crippen molar-refractivity contribution in [3.05, 3.63) is 64.2 Å². The van der Waals surface area contributed by atoms with Gasteiger partial charge in [-0.2, -0.15) is 0 Å². The van der Waals surface area contributed by atoms with Crippen molar-refractivity contribution in [1.82, 2.24) is 0 Å². The number of hydrogen-bond acceptors (Lipinski definition) is 2. The van der Waals surface area contributed by atoms with Crippen molar-refractivity contribution >= 4 is 0 Å². The quantitative estimate of drug-likeness (QED) is 0.898. The fourth-order valence-electron chi connectivity index (χ4n) is 2.43. The number of nitrogens with two attached hydrogens (primary N) is 1.